The lowest BCUT2D eigenvalue weighted by Crippen LogP contribution is -2.26. The third kappa shape index (κ3) is 3.90. The van der Waals surface area contributed by atoms with E-state index in [1.165, 1.54) is 31.4 Å². The summed E-state index contributed by atoms with van der Waals surface area (Å²) in [6, 6.07) is 8.24. The van der Waals surface area contributed by atoms with Gasteiger partial charge in [-0.05, 0) is 43.7 Å². The summed E-state index contributed by atoms with van der Waals surface area (Å²) in [5.74, 6) is 0.559. The minimum absolute atomic E-state index is 0.138. The minimum atomic E-state index is 0.138. The summed E-state index contributed by atoms with van der Waals surface area (Å²) < 4.78 is 0. The van der Waals surface area contributed by atoms with Crippen LogP contribution in [0.25, 0.3) is 0 Å². The van der Waals surface area contributed by atoms with Crippen LogP contribution in [0.1, 0.15) is 44.9 Å². The van der Waals surface area contributed by atoms with Crippen molar-refractivity contribution >= 4 is 17.3 Å². The van der Waals surface area contributed by atoms with E-state index in [-0.39, 0.29) is 5.91 Å². The Kier molecular flexibility index (Phi) is 5.15. The van der Waals surface area contributed by atoms with Gasteiger partial charge in [0.15, 0.2) is 0 Å². The average molecular weight is 298 g/mol. The van der Waals surface area contributed by atoms with Crippen molar-refractivity contribution in [2.24, 2.45) is 5.92 Å². The number of carbonyl (C=O) groups is 1. The molecule has 2 aliphatic rings. The fourth-order valence-electron chi connectivity index (χ4n) is 3.47. The lowest BCUT2D eigenvalue weighted by Gasteiger charge is -2.25. The molecule has 1 aromatic carbocycles. The third-order valence-electron chi connectivity index (χ3n) is 4.68. The largest absolute Gasteiger partial charge is 0.370 e. The van der Waals surface area contributed by atoms with E-state index in [2.05, 4.69) is 34.5 Å². The van der Waals surface area contributed by atoms with Crippen LogP contribution in [0.2, 0.25) is 0 Å². The smallest absolute Gasteiger partial charge is 0.225 e. The number of anilines is 2. The van der Waals surface area contributed by atoms with Crippen LogP contribution in [0.3, 0.4) is 0 Å². The van der Waals surface area contributed by atoms with Crippen LogP contribution in [0, 0.1) is 5.92 Å². The molecule has 0 aromatic heterocycles. The molecule has 22 heavy (non-hydrogen) atoms. The summed E-state index contributed by atoms with van der Waals surface area (Å²) >= 11 is 0. The summed E-state index contributed by atoms with van der Waals surface area (Å²) in [6.45, 7) is 2.19. The second-order valence-electron chi connectivity index (χ2n) is 6.44. The lowest BCUT2D eigenvalue weighted by molar-refractivity contribution is -0.116. The number of rotatable bonds is 4. The van der Waals surface area contributed by atoms with Gasteiger partial charge in [0.25, 0.3) is 0 Å². The second-order valence-corrected chi connectivity index (χ2v) is 6.44. The van der Waals surface area contributed by atoms with Crippen LogP contribution >= 0.6 is 0 Å². The predicted molar refractivity (Wildman–Crippen MR) is 92.2 cm³/mol. The minimum Gasteiger partial charge on any atom is -0.370 e. The van der Waals surface area contributed by atoms with Crippen molar-refractivity contribution in [2.45, 2.75) is 44.9 Å². The van der Waals surface area contributed by atoms with Crippen molar-refractivity contribution in [3.8, 4) is 0 Å². The molecule has 1 amide bonds. The Morgan fingerprint density at radius 2 is 1.91 bits per heavy atom. The fourth-order valence-corrected chi connectivity index (χ4v) is 3.47. The van der Waals surface area contributed by atoms with E-state index >= 15 is 0 Å². The molecule has 1 heterocycles. The summed E-state index contributed by atoms with van der Waals surface area (Å²) in [5, 5.41) is 3.14. The number of carbonyl (C=O) groups excluding carboxylic acids is 1. The van der Waals surface area contributed by atoms with Gasteiger partial charge in [-0.25, -0.2) is 0 Å². The Morgan fingerprint density at radius 1 is 1.14 bits per heavy atom. The maximum atomic E-state index is 12.3. The molecule has 1 saturated heterocycles. The van der Waals surface area contributed by atoms with E-state index in [1.54, 1.807) is 0 Å². The highest BCUT2D eigenvalue weighted by atomic mass is 16.1. The molecule has 1 unspecified atom stereocenters. The van der Waals surface area contributed by atoms with Gasteiger partial charge in [0.2, 0.25) is 5.91 Å². The first-order valence-electron chi connectivity index (χ1n) is 8.63. The summed E-state index contributed by atoms with van der Waals surface area (Å²) in [4.78, 5) is 14.7. The average Bonchev–Trinajstić information content (AvgIpc) is 2.87. The maximum Gasteiger partial charge on any atom is 0.225 e. The number of nitrogens with zero attached hydrogens (tertiary/aromatic N) is 1. The van der Waals surface area contributed by atoms with E-state index in [1.807, 2.05) is 12.1 Å². The monoisotopic (exact) mass is 298 g/mol. The van der Waals surface area contributed by atoms with Crippen LogP contribution in [0.5, 0.6) is 0 Å². The van der Waals surface area contributed by atoms with Crippen molar-refractivity contribution in [3.05, 3.63) is 36.4 Å². The highest BCUT2D eigenvalue weighted by Gasteiger charge is 2.17. The zero-order valence-electron chi connectivity index (χ0n) is 13.3. The van der Waals surface area contributed by atoms with Crippen LogP contribution < -0.4 is 10.2 Å². The molecule has 0 spiro atoms. The van der Waals surface area contributed by atoms with Crippen molar-refractivity contribution in [1.29, 1.82) is 0 Å². The molecule has 1 aliphatic carbocycles. The zero-order chi connectivity index (χ0) is 15.2. The van der Waals surface area contributed by atoms with Gasteiger partial charge in [-0.1, -0.05) is 37.1 Å². The Morgan fingerprint density at radius 3 is 2.64 bits per heavy atom. The van der Waals surface area contributed by atoms with Gasteiger partial charge in [-0.2, -0.15) is 0 Å². The number of hydrogen-bond acceptors (Lipinski definition) is 2. The maximum absolute atomic E-state index is 12.3. The van der Waals surface area contributed by atoms with Gasteiger partial charge in [0, 0.05) is 19.5 Å². The number of amides is 1. The molecule has 0 saturated carbocycles. The third-order valence-corrected chi connectivity index (χ3v) is 4.68. The van der Waals surface area contributed by atoms with Gasteiger partial charge in [0.1, 0.15) is 0 Å². The number of benzene rings is 1. The Bertz CT molecular complexity index is 530. The SMILES string of the molecule is O=C(CC1C=CCC1)Nc1ccccc1N1CCCCCC1. The Balaban J connectivity index is 1.67. The quantitative estimate of drug-likeness (QED) is 0.838. The van der Waals surface area contributed by atoms with Gasteiger partial charge >= 0.3 is 0 Å². The summed E-state index contributed by atoms with van der Waals surface area (Å²) in [5.41, 5.74) is 2.15. The van der Waals surface area contributed by atoms with E-state index in [9.17, 15) is 4.79 Å². The highest BCUT2D eigenvalue weighted by molar-refractivity contribution is 5.94. The molecule has 118 valence electrons. The molecule has 1 aromatic rings. The molecule has 0 bridgehead atoms. The standard InChI is InChI=1S/C19H26N2O/c22-19(15-16-9-3-4-10-16)20-17-11-5-6-12-18(17)21-13-7-1-2-8-14-21/h3,5-6,9,11-12,16H,1-2,4,7-8,10,13-15H2,(H,20,22). The number of hydrogen-bond donors (Lipinski definition) is 1. The predicted octanol–water partition coefficient (Wildman–Crippen LogP) is 4.36. The first-order valence-corrected chi connectivity index (χ1v) is 8.63. The van der Waals surface area contributed by atoms with Crippen molar-refractivity contribution < 1.29 is 4.79 Å². The fraction of sp³-hybridized carbons (Fsp3) is 0.526. The molecule has 0 radical (unpaired) electrons. The van der Waals surface area contributed by atoms with Crippen LogP contribution in [-0.2, 0) is 4.79 Å². The van der Waals surface area contributed by atoms with Crippen molar-refractivity contribution in [1.82, 2.24) is 0 Å². The number of nitrogens with one attached hydrogen (secondary N) is 1. The molecule has 1 fully saturated rings. The zero-order valence-corrected chi connectivity index (χ0v) is 13.3. The first-order chi connectivity index (χ1) is 10.8. The molecule has 3 nitrogen and oxygen atoms in total. The van der Waals surface area contributed by atoms with Gasteiger partial charge in [-0.15, -0.1) is 0 Å². The Hall–Kier alpha value is -1.77. The van der Waals surface area contributed by atoms with Gasteiger partial charge in [0.05, 0.1) is 11.4 Å². The van der Waals surface area contributed by atoms with Gasteiger partial charge in [-0.3, -0.25) is 4.79 Å². The molecular formula is C19H26N2O. The van der Waals surface area contributed by atoms with E-state index in [0.717, 1.165) is 31.6 Å². The highest BCUT2D eigenvalue weighted by Crippen LogP contribution is 2.29. The second kappa shape index (κ2) is 7.48. The number of allylic oxidation sites excluding steroid dienone is 2. The van der Waals surface area contributed by atoms with Gasteiger partial charge < -0.3 is 10.2 Å². The molecule has 3 heteroatoms. The Labute approximate surface area is 133 Å². The summed E-state index contributed by atoms with van der Waals surface area (Å²) in [7, 11) is 0. The van der Waals surface area contributed by atoms with E-state index < -0.39 is 0 Å². The summed E-state index contributed by atoms with van der Waals surface area (Å²) in [6.07, 6.45) is 12.3. The molecule has 3 rings (SSSR count). The lowest BCUT2D eigenvalue weighted by atomic mass is 10.0. The first kappa shape index (κ1) is 15.1. The normalized spacial score (nSPS) is 21.6. The van der Waals surface area contributed by atoms with E-state index in [0.29, 0.717) is 12.3 Å². The van der Waals surface area contributed by atoms with Crippen LogP contribution in [0.4, 0.5) is 11.4 Å². The topological polar surface area (TPSA) is 32.3 Å². The molecular weight excluding hydrogens is 272 g/mol. The molecule has 1 aliphatic heterocycles. The molecule has 1 atom stereocenters. The van der Waals surface area contributed by atoms with Crippen LogP contribution in [0.15, 0.2) is 36.4 Å². The van der Waals surface area contributed by atoms with E-state index in [4.69, 9.17) is 0 Å². The molecule has 1 N–H and O–H groups in total. The van der Waals surface area contributed by atoms with Crippen molar-refractivity contribution in [3.63, 3.8) is 0 Å². The van der Waals surface area contributed by atoms with Crippen molar-refractivity contribution in [2.75, 3.05) is 23.3 Å². The number of para-hydroxylation sites is 2. The van der Waals surface area contributed by atoms with Crippen LogP contribution in [-0.4, -0.2) is 19.0 Å².